The minimum absolute atomic E-state index is 0. The van der Waals surface area contributed by atoms with Crippen molar-refractivity contribution in [2.45, 2.75) is 65.0 Å². The van der Waals surface area contributed by atoms with Crippen LogP contribution in [0.4, 0.5) is 0 Å². The number of halogens is 1. The third-order valence-electron chi connectivity index (χ3n) is 5.39. The Balaban J connectivity index is 0.00000364. The normalized spacial score (nSPS) is 23.1. The molecule has 0 aromatic rings. The van der Waals surface area contributed by atoms with Crippen LogP contribution in [-0.2, 0) is 9.47 Å². The summed E-state index contributed by atoms with van der Waals surface area (Å²) in [4.78, 5) is 7.36. The zero-order chi connectivity index (χ0) is 18.6. The molecular formula is C20H41IN4O2. The van der Waals surface area contributed by atoms with E-state index in [2.05, 4.69) is 36.3 Å². The molecule has 0 amide bonds. The fourth-order valence-corrected chi connectivity index (χ4v) is 3.52. The van der Waals surface area contributed by atoms with E-state index >= 15 is 0 Å². The molecule has 6 nitrogen and oxygen atoms in total. The average Bonchev–Trinajstić information content (AvgIpc) is 3.16. The molecule has 2 N–H and O–H groups in total. The molecule has 2 aliphatic heterocycles. The summed E-state index contributed by atoms with van der Waals surface area (Å²) in [5, 5.41) is 6.77. The summed E-state index contributed by atoms with van der Waals surface area (Å²) in [6, 6.07) is 0.507. The molecule has 0 aromatic heterocycles. The molecular weight excluding hydrogens is 455 g/mol. The SMILES string of the molecule is CCNC(=NCC(C)N1CCC(C)CC1)NCCCOCC1CCCO1.I. The fourth-order valence-electron chi connectivity index (χ4n) is 3.52. The van der Waals surface area contributed by atoms with Gasteiger partial charge in [-0.25, -0.2) is 0 Å². The number of nitrogens with zero attached hydrogens (tertiary/aromatic N) is 2. The standard InChI is InChI=1S/C20H40N4O2.HI/c1-4-21-20(22-10-6-13-25-16-19-7-5-14-26-19)23-15-18(3)24-11-8-17(2)9-12-24;/h17-19H,4-16H2,1-3H3,(H2,21,22,23);1H. The second-order valence-corrected chi connectivity index (χ2v) is 7.78. The third-order valence-corrected chi connectivity index (χ3v) is 5.39. The fraction of sp³-hybridized carbons (Fsp3) is 0.950. The zero-order valence-corrected chi connectivity index (χ0v) is 19.9. The maximum absolute atomic E-state index is 5.71. The number of nitrogens with one attached hydrogen (secondary N) is 2. The summed E-state index contributed by atoms with van der Waals surface area (Å²) in [6.07, 6.45) is 6.25. The van der Waals surface area contributed by atoms with Gasteiger partial charge in [0.25, 0.3) is 0 Å². The predicted molar refractivity (Wildman–Crippen MR) is 123 cm³/mol. The molecule has 2 atom stereocenters. The van der Waals surface area contributed by atoms with Crippen LogP contribution in [0.2, 0.25) is 0 Å². The van der Waals surface area contributed by atoms with Gasteiger partial charge in [-0.05, 0) is 65.0 Å². The van der Waals surface area contributed by atoms with Crippen molar-refractivity contribution in [2.24, 2.45) is 10.9 Å². The van der Waals surface area contributed by atoms with Gasteiger partial charge in [0.05, 0.1) is 19.3 Å². The molecule has 2 saturated heterocycles. The Bertz CT molecular complexity index is 397. The van der Waals surface area contributed by atoms with E-state index < -0.39 is 0 Å². The van der Waals surface area contributed by atoms with Gasteiger partial charge in [-0.3, -0.25) is 9.89 Å². The molecule has 0 bridgehead atoms. The molecule has 160 valence electrons. The van der Waals surface area contributed by atoms with E-state index in [9.17, 15) is 0 Å². The first-order valence-corrected chi connectivity index (χ1v) is 10.6. The van der Waals surface area contributed by atoms with Gasteiger partial charge in [0.15, 0.2) is 5.96 Å². The molecule has 0 aromatic carbocycles. The highest BCUT2D eigenvalue weighted by atomic mass is 127. The molecule has 2 fully saturated rings. The Labute approximate surface area is 183 Å². The maximum Gasteiger partial charge on any atom is 0.191 e. The van der Waals surface area contributed by atoms with Crippen molar-refractivity contribution in [3.8, 4) is 0 Å². The highest BCUT2D eigenvalue weighted by Crippen LogP contribution is 2.18. The lowest BCUT2D eigenvalue weighted by molar-refractivity contribution is 0.0168. The van der Waals surface area contributed by atoms with Crippen molar-refractivity contribution in [3.05, 3.63) is 0 Å². The average molecular weight is 496 g/mol. The van der Waals surface area contributed by atoms with E-state index in [1.165, 1.54) is 32.4 Å². The van der Waals surface area contributed by atoms with Crippen LogP contribution >= 0.6 is 24.0 Å². The van der Waals surface area contributed by atoms with Crippen LogP contribution in [-0.4, -0.2) is 75.5 Å². The topological polar surface area (TPSA) is 58.1 Å². The Kier molecular flexibility index (Phi) is 13.7. The van der Waals surface area contributed by atoms with Crippen LogP contribution in [0, 0.1) is 5.92 Å². The van der Waals surface area contributed by atoms with E-state index in [4.69, 9.17) is 14.5 Å². The summed E-state index contributed by atoms with van der Waals surface area (Å²) >= 11 is 0. The highest BCUT2D eigenvalue weighted by Gasteiger charge is 2.20. The first-order valence-electron chi connectivity index (χ1n) is 10.6. The minimum Gasteiger partial charge on any atom is -0.379 e. The molecule has 2 rings (SSSR count). The van der Waals surface area contributed by atoms with E-state index in [-0.39, 0.29) is 24.0 Å². The van der Waals surface area contributed by atoms with Gasteiger partial charge in [-0.2, -0.15) is 0 Å². The Morgan fingerprint density at radius 1 is 1.26 bits per heavy atom. The van der Waals surface area contributed by atoms with E-state index in [0.29, 0.717) is 12.1 Å². The molecule has 0 radical (unpaired) electrons. The van der Waals surface area contributed by atoms with Crippen molar-refractivity contribution in [3.63, 3.8) is 0 Å². The smallest absolute Gasteiger partial charge is 0.191 e. The minimum atomic E-state index is 0. The lowest BCUT2D eigenvalue weighted by atomic mass is 9.98. The molecule has 0 spiro atoms. The molecule has 0 aliphatic carbocycles. The quantitative estimate of drug-likeness (QED) is 0.211. The van der Waals surface area contributed by atoms with Gasteiger partial charge in [-0.1, -0.05) is 6.92 Å². The lowest BCUT2D eigenvalue weighted by Crippen LogP contribution is -2.43. The Morgan fingerprint density at radius 3 is 2.70 bits per heavy atom. The van der Waals surface area contributed by atoms with Crippen molar-refractivity contribution in [2.75, 3.05) is 52.5 Å². The zero-order valence-electron chi connectivity index (χ0n) is 17.5. The van der Waals surface area contributed by atoms with Gasteiger partial charge in [0, 0.05) is 32.3 Å². The number of hydrogen-bond acceptors (Lipinski definition) is 4. The second-order valence-electron chi connectivity index (χ2n) is 7.78. The first-order chi connectivity index (χ1) is 12.7. The van der Waals surface area contributed by atoms with Crippen molar-refractivity contribution in [1.82, 2.24) is 15.5 Å². The van der Waals surface area contributed by atoms with Crippen molar-refractivity contribution >= 4 is 29.9 Å². The summed E-state index contributed by atoms with van der Waals surface area (Å²) in [7, 11) is 0. The molecule has 7 heteroatoms. The number of ether oxygens (including phenoxy) is 2. The van der Waals surface area contributed by atoms with Crippen LogP contribution < -0.4 is 10.6 Å². The Hall–Kier alpha value is -0.120. The number of rotatable bonds is 10. The largest absolute Gasteiger partial charge is 0.379 e. The summed E-state index contributed by atoms with van der Waals surface area (Å²) in [5.41, 5.74) is 0. The van der Waals surface area contributed by atoms with Gasteiger partial charge in [0.2, 0.25) is 0 Å². The van der Waals surface area contributed by atoms with Crippen molar-refractivity contribution < 1.29 is 9.47 Å². The Morgan fingerprint density at radius 2 is 2.04 bits per heavy atom. The van der Waals surface area contributed by atoms with Gasteiger partial charge < -0.3 is 20.1 Å². The van der Waals surface area contributed by atoms with Gasteiger partial charge in [0.1, 0.15) is 0 Å². The second kappa shape index (κ2) is 14.8. The summed E-state index contributed by atoms with van der Waals surface area (Å²) in [5.74, 6) is 1.80. The lowest BCUT2D eigenvalue weighted by Gasteiger charge is -2.34. The number of aliphatic imine (C=N–C) groups is 1. The van der Waals surface area contributed by atoms with Crippen LogP contribution in [0.25, 0.3) is 0 Å². The van der Waals surface area contributed by atoms with E-state index in [0.717, 1.165) is 64.2 Å². The van der Waals surface area contributed by atoms with E-state index in [1.807, 2.05) is 0 Å². The maximum atomic E-state index is 5.71. The monoisotopic (exact) mass is 496 g/mol. The highest BCUT2D eigenvalue weighted by molar-refractivity contribution is 14.0. The number of likely N-dealkylation sites (tertiary alicyclic amines) is 1. The van der Waals surface area contributed by atoms with Crippen molar-refractivity contribution in [1.29, 1.82) is 0 Å². The third kappa shape index (κ3) is 10.3. The van der Waals surface area contributed by atoms with Crippen LogP contribution in [0.15, 0.2) is 4.99 Å². The van der Waals surface area contributed by atoms with Crippen LogP contribution in [0.5, 0.6) is 0 Å². The summed E-state index contributed by atoms with van der Waals surface area (Å²) in [6.45, 7) is 14.2. The molecule has 2 aliphatic rings. The molecule has 0 saturated carbocycles. The predicted octanol–water partition coefficient (Wildman–Crippen LogP) is 2.87. The number of piperidine rings is 1. The summed E-state index contributed by atoms with van der Waals surface area (Å²) < 4.78 is 11.3. The van der Waals surface area contributed by atoms with Gasteiger partial charge >= 0.3 is 0 Å². The molecule has 2 unspecified atom stereocenters. The van der Waals surface area contributed by atoms with Gasteiger partial charge in [-0.15, -0.1) is 24.0 Å². The van der Waals surface area contributed by atoms with E-state index in [1.54, 1.807) is 0 Å². The van der Waals surface area contributed by atoms with Crippen LogP contribution in [0.3, 0.4) is 0 Å². The molecule has 2 heterocycles. The van der Waals surface area contributed by atoms with Crippen LogP contribution in [0.1, 0.15) is 52.9 Å². The number of hydrogen-bond donors (Lipinski definition) is 2. The molecule has 27 heavy (non-hydrogen) atoms. The number of guanidine groups is 1. The first kappa shape index (κ1) is 24.9.